The molecule has 0 unspecified atom stereocenters. The molecule has 2 aromatic rings. The van der Waals surface area contributed by atoms with Crippen LogP contribution < -0.4 is 0 Å². The number of rotatable bonds is 3. The van der Waals surface area contributed by atoms with E-state index in [0.29, 0.717) is 12.7 Å². The highest BCUT2D eigenvalue weighted by Crippen LogP contribution is 2.50. The van der Waals surface area contributed by atoms with E-state index in [9.17, 15) is 0 Å². The predicted octanol–water partition coefficient (Wildman–Crippen LogP) is 7.10. The molecule has 29 heavy (non-hydrogen) atoms. The van der Waals surface area contributed by atoms with Crippen molar-refractivity contribution < 1.29 is 9.47 Å². The second kappa shape index (κ2) is 6.50. The smallest absolute Gasteiger partial charge is 0.230 e. The summed E-state index contributed by atoms with van der Waals surface area (Å²) in [5.41, 5.74) is 11.3. The Morgan fingerprint density at radius 1 is 0.966 bits per heavy atom. The maximum atomic E-state index is 5.73. The highest BCUT2D eigenvalue weighted by molar-refractivity contribution is 9.12. The zero-order valence-electron chi connectivity index (χ0n) is 16.3. The Hall–Kier alpha value is -2.52. The van der Waals surface area contributed by atoms with Gasteiger partial charge in [-0.05, 0) is 80.2 Å². The SMILES string of the molecule is CC1=CC2=C(Br)C3=C(CC2=C1CCC1c2ccccc2-c2ccccc21)OCO3. The van der Waals surface area contributed by atoms with Gasteiger partial charge in [-0.1, -0.05) is 54.6 Å². The average molecular weight is 445 g/mol. The molecule has 6 rings (SSSR count). The van der Waals surface area contributed by atoms with Crippen LogP contribution in [0.4, 0.5) is 0 Å². The second-order valence-electron chi connectivity index (χ2n) is 8.11. The first kappa shape index (κ1) is 17.3. The Morgan fingerprint density at radius 3 is 2.38 bits per heavy atom. The number of hydrogen-bond donors (Lipinski definition) is 0. The first-order chi connectivity index (χ1) is 14.2. The van der Waals surface area contributed by atoms with E-state index in [2.05, 4.69) is 77.5 Å². The minimum absolute atomic E-state index is 0.327. The zero-order chi connectivity index (χ0) is 19.5. The summed E-state index contributed by atoms with van der Waals surface area (Å²) >= 11 is 3.76. The molecule has 3 aliphatic carbocycles. The number of benzene rings is 2. The molecule has 1 aliphatic heterocycles. The van der Waals surface area contributed by atoms with Crippen LogP contribution in [0.2, 0.25) is 0 Å². The van der Waals surface area contributed by atoms with Crippen molar-refractivity contribution in [3.05, 3.63) is 104 Å². The largest absolute Gasteiger partial charge is 0.458 e. The minimum atomic E-state index is 0.327. The predicted molar refractivity (Wildman–Crippen MR) is 118 cm³/mol. The molecule has 3 heteroatoms. The fourth-order valence-corrected chi connectivity index (χ4v) is 5.99. The van der Waals surface area contributed by atoms with Crippen molar-refractivity contribution in [3.63, 3.8) is 0 Å². The van der Waals surface area contributed by atoms with E-state index in [1.54, 1.807) is 0 Å². The number of allylic oxidation sites excluding steroid dienone is 6. The van der Waals surface area contributed by atoms with Crippen LogP contribution in [-0.2, 0) is 9.47 Å². The van der Waals surface area contributed by atoms with Gasteiger partial charge in [-0.3, -0.25) is 0 Å². The molecule has 0 atom stereocenters. The van der Waals surface area contributed by atoms with Crippen LogP contribution >= 0.6 is 15.9 Å². The third-order valence-corrected chi connectivity index (χ3v) is 7.42. The maximum Gasteiger partial charge on any atom is 0.230 e. The lowest BCUT2D eigenvalue weighted by Crippen LogP contribution is -2.03. The van der Waals surface area contributed by atoms with Crippen molar-refractivity contribution in [2.24, 2.45) is 0 Å². The van der Waals surface area contributed by atoms with Crippen molar-refractivity contribution in [1.82, 2.24) is 0 Å². The van der Waals surface area contributed by atoms with Gasteiger partial charge in [0.25, 0.3) is 0 Å². The normalized spacial score (nSPS) is 19.6. The summed E-state index contributed by atoms with van der Waals surface area (Å²) in [5, 5.41) is 0. The van der Waals surface area contributed by atoms with Crippen molar-refractivity contribution in [2.45, 2.75) is 32.1 Å². The van der Waals surface area contributed by atoms with E-state index < -0.39 is 0 Å². The van der Waals surface area contributed by atoms with Crippen LogP contribution in [0.15, 0.2) is 92.9 Å². The van der Waals surface area contributed by atoms with Crippen molar-refractivity contribution in [3.8, 4) is 11.1 Å². The lowest BCUT2D eigenvalue weighted by Gasteiger charge is -2.19. The van der Waals surface area contributed by atoms with Crippen molar-refractivity contribution in [1.29, 1.82) is 0 Å². The summed E-state index contributed by atoms with van der Waals surface area (Å²) in [6.07, 6.45) is 5.32. The number of hydrogen-bond acceptors (Lipinski definition) is 2. The highest BCUT2D eigenvalue weighted by Gasteiger charge is 2.34. The van der Waals surface area contributed by atoms with Crippen LogP contribution in [0.5, 0.6) is 0 Å². The van der Waals surface area contributed by atoms with Gasteiger partial charge < -0.3 is 9.47 Å². The quantitative estimate of drug-likeness (QED) is 0.502. The summed E-state index contributed by atoms with van der Waals surface area (Å²) in [6, 6.07) is 17.8. The molecule has 0 fully saturated rings. The van der Waals surface area contributed by atoms with Gasteiger partial charge in [0.2, 0.25) is 6.79 Å². The molecule has 1 heterocycles. The van der Waals surface area contributed by atoms with Gasteiger partial charge in [-0.2, -0.15) is 0 Å². The highest BCUT2D eigenvalue weighted by atomic mass is 79.9. The molecule has 0 saturated carbocycles. The summed E-state index contributed by atoms with van der Waals surface area (Å²) in [4.78, 5) is 0. The van der Waals surface area contributed by atoms with Gasteiger partial charge in [0.1, 0.15) is 5.76 Å². The fraction of sp³-hybridized carbons (Fsp3) is 0.231. The molecule has 2 aromatic carbocycles. The number of fused-ring (bicyclic) bond motifs is 4. The lowest BCUT2D eigenvalue weighted by atomic mass is 9.87. The second-order valence-corrected chi connectivity index (χ2v) is 8.91. The fourth-order valence-electron chi connectivity index (χ4n) is 5.30. The first-order valence-electron chi connectivity index (χ1n) is 10.2. The number of halogens is 1. The molecular weight excluding hydrogens is 424 g/mol. The third kappa shape index (κ3) is 2.53. The molecule has 0 spiro atoms. The summed E-state index contributed by atoms with van der Waals surface area (Å²) < 4.78 is 12.4. The molecule has 144 valence electrons. The topological polar surface area (TPSA) is 18.5 Å². The average Bonchev–Trinajstić information content (AvgIpc) is 3.42. The van der Waals surface area contributed by atoms with E-state index in [4.69, 9.17) is 9.47 Å². The van der Waals surface area contributed by atoms with Crippen LogP contribution in [0.25, 0.3) is 11.1 Å². The van der Waals surface area contributed by atoms with Crippen LogP contribution in [0, 0.1) is 0 Å². The maximum absolute atomic E-state index is 5.73. The minimum Gasteiger partial charge on any atom is -0.458 e. The molecule has 0 aromatic heterocycles. The Morgan fingerprint density at radius 2 is 1.66 bits per heavy atom. The van der Waals surface area contributed by atoms with E-state index in [-0.39, 0.29) is 0 Å². The van der Waals surface area contributed by atoms with Gasteiger partial charge >= 0.3 is 0 Å². The van der Waals surface area contributed by atoms with Crippen LogP contribution in [0.3, 0.4) is 0 Å². The van der Waals surface area contributed by atoms with Gasteiger partial charge in [0.15, 0.2) is 5.76 Å². The Bertz CT molecular complexity index is 1130. The third-order valence-electron chi connectivity index (χ3n) is 6.63. The molecule has 2 nitrogen and oxygen atoms in total. The van der Waals surface area contributed by atoms with Crippen LogP contribution in [0.1, 0.15) is 43.2 Å². The van der Waals surface area contributed by atoms with E-state index in [0.717, 1.165) is 35.3 Å². The molecule has 0 bridgehead atoms. The summed E-state index contributed by atoms with van der Waals surface area (Å²) in [6.45, 7) is 2.56. The number of ether oxygens (including phenoxy) is 2. The molecule has 0 radical (unpaired) electrons. The summed E-state index contributed by atoms with van der Waals surface area (Å²) in [7, 11) is 0. The van der Waals surface area contributed by atoms with E-state index in [1.807, 2.05) is 0 Å². The van der Waals surface area contributed by atoms with Gasteiger partial charge in [-0.15, -0.1) is 0 Å². The Balaban J connectivity index is 1.35. The molecule has 0 amide bonds. The van der Waals surface area contributed by atoms with Crippen molar-refractivity contribution in [2.75, 3.05) is 6.79 Å². The van der Waals surface area contributed by atoms with E-state index >= 15 is 0 Å². The Kier molecular flexibility index (Phi) is 3.89. The van der Waals surface area contributed by atoms with E-state index in [1.165, 1.54) is 44.5 Å². The standard InChI is InChI=1S/C26H21BrO2/c1-15-12-23-22(13-24-26(25(23)27)29-14-28-24)16(15)10-11-21-19-8-4-2-6-17(19)18-7-3-5-9-20(18)21/h2-9,12,21H,10-11,13-14H2,1H3. The summed E-state index contributed by atoms with van der Waals surface area (Å²) in [5.74, 6) is 2.31. The molecule has 0 N–H and O–H groups in total. The lowest BCUT2D eigenvalue weighted by molar-refractivity contribution is 0.0734. The molecule has 4 aliphatic rings. The first-order valence-corrected chi connectivity index (χ1v) is 11.0. The molecular formula is C26H21BrO2. The van der Waals surface area contributed by atoms with Crippen molar-refractivity contribution >= 4 is 15.9 Å². The monoisotopic (exact) mass is 444 g/mol. The van der Waals surface area contributed by atoms with Gasteiger partial charge in [0.05, 0.1) is 4.48 Å². The Labute approximate surface area is 179 Å². The van der Waals surface area contributed by atoms with Gasteiger partial charge in [0, 0.05) is 12.3 Å². The van der Waals surface area contributed by atoms with Gasteiger partial charge in [-0.25, -0.2) is 0 Å². The van der Waals surface area contributed by atoms with Crippen LogP contribution in [-0.4, -0.2) is 6.79 Å². The molecule has 0 saturated heterocycles. The zero-order valence-corrected chi connectivity index (χ0v) is 17.9.